The molecule has 0 spiro atoms. The van der Waals surface area contributed by atoms with Gasteiger partial charge in [0.2, 0.25) is 0 Å². The van der Waals surface area contributed by atoms with E-state index in [1.807, 2.05) is 0 Å². The standard InChI is InChI=1S/C11H24O3Si/c1-9(2)14-11(3,15(4,5)6)13-8-10-7-12-10/h9-10H,7-8H2,1-6H3. The molecular formula is C11H24O3Si. The lowest BCUT2D eigenvalue weighted by Crippen LogP contribution is -2.55. The summed E-state index contributed by atoms with van der Waals surface area (Å²) in [5.74, 6) is 0. The molecule has 0 bridgehead atoms. The van der Waals surface area contributed by atoms with Crippen LogP contribution in [0, 0.1) is 0 Å². The second-order valence-corrected chi connectivity index (χ2v) is 11.0. The summed E-state index contributed by atoms with van der Waals surface area (Å²) in [6.07, 6.45) is 0.498. The summed E-state index contributed by atoms with van der Waals surface area (Å²) in [4.78, 5) is 0. The highest BCUT2D eigenvalue weighted by Crippen LogP contribution is 2.28. The van der Waals surface area contributed by atoms with E-state index in [0.29, 0.717) is 12.7 Å². The van der Waals surface area contributed by atoms with Crippen molar-refractivity contribution in [3.63, 3.8) is 0 Å². The van der Waals surface area contributed by atoms with Gasteiger partial charge in [-0.2, -0.15) is 0 Å². The van der Waals surface area contributed by atoms with E-state index < -0.39 is 13.5 Å². The molecule has 0 aliphatic carbocycles. The Labute approximate surface area is 94.1 Å². The highest BCUT2D eigenvalue weighted by Gasteiger charge is 2.43. The second-order valence-electron chi connectivity index (χ2n) is 5.63. The van der Waals surface area contributed by atoms with Crippen molar-refractivity contribution in [2.75, 3.05) is 13.2 Å². The van der Waals surface area contributed by atoms with Crippen molar-refractivity contribution in [1.82, 2.24) is 0 Å². The van der Waals surface area contributed by atoms with Crippen LogP contribution >= 0.6 is 0 Å². The SMILES string of the molecule is CC(C)OC(C)(OCC1CO1)[Si](C)(C)C. The lowest BCUT2D eigenvalue weighted by Gasteiger charge is -2.41. The highest BCUT2D eigenvalue weighted by molar-refractivity contribution is 6.78. The minimum Gasteiger partial charge on any atom is -0.371 e. The van der Waals surface area contributed by atoms with Gasteiger partial charge in [-0.3, -0.25) is 0 Å². The third kappa shape index (κ3) is 3.87. The molecule has 1 fully saturated rings. The Morgan fingerprint density at radius 1 is 1.40 bits per heavy atom. The van der Waals surface area contributed by atoms with Crippen LogP contribution in [0.2, 0.25) is 19.6 Å². The molecular weight excluding hydrogens is 208 g/mol. The number of ether oxygens (including phenoxy) is 3. The number of hydrogen-bond donors (Lipinski definition) is 0. The van der Waals surface area contributed by atoms with E-state index in [4.69, 9.17) is 14.2 Å². The Balaban J connectivity index is 2.56. The first-order valence-electron chi connectivity index (χ1n) is 5.68. The van der Waals surface area contributed by atoms with Crippen LogP contribution in [0.25, 0.3) is 0 Å². The third-order valence-corrected chi connectivity index (χ3v) is 5.76. The van der Waals surface area contributed by atoms with E-state index in [1.165, 1.54) is 0 Å². The molecule has 0 N–H and O–H groups in total. The average molecular weight is 232 g/mol. The van der Waals surface area contributed by atoms with Crippen molar-refractivity contribution in [1.29, 1.82) is 0 Å². The number of epoxide rings is 1. The molecule has 2 atom stereocenters. The Morgan fingerprint density at radius 3 is 2.27 bits per heavy atom. The zero-order valence-corrected chi connectivity index (χ0v) is 11.8. The van der Waals surface area contributed by atoms with Gasteiger partial charge in [0.25, 0.3) is 0 Å². The van der Waals surface area contributed by atoms with E-state index in [-0.39, 0.29) is 6.10 Å². The largest absolute Gasteiger partial charge is 0.371 e. The fraction of sp³-hybridized carbons (Fsp3) is 1.00. The first-order chi connectivity index (χ1) is 6.74. The van der Waals surface area contributed by atoms with Crippen molar-refractivity contribution < 1.29 is 14.2 Å². The zero-order valence-electron chi connectivity index (χ0n) is 10.8. The van der Waals surface area contributed by atoms with E-state index in [2.05, 4.69) is 40.4 Å². The zero-order chi connectivity index (χ0) is 11.7. The van der Waals surface area contributed by atoms with Crippen molar-refractivity contribution in [3.8, 4) is 0 Å². The van der Waals surface area contributed by atoms with Crippen LogP contribution in [0.4, 0.5) is 0 Å². The lowest BCUT2D eigenvalue weighted by atomic mass is 10.5. The molecule has 0 aromatic carbocycles. The molecule has 3 nitrogen and oxygen atoms in total. The molecule has 0 aromatic rings. The predicted molar refractivity (Wildman–Crippen MR) is 63.7 cm³/mol. The van der Waals surface area contributed by atoms with Gasteiger partial charge < -0.3 is 14.2 Å². The van der Waals surface area contributed by atoms with Crippen molar-refractivity contribution in [3.05, 3.63) is 0 Å². The van der Waals surface area contributed by atoms with Gasteiger partial charge in [0.05, 0.1) is 19.3 Å². The van der Waals surface area contributed by atoms with Gasteiger partial charge in [0.15, 0.2) is 0 Å². The summed E-state index contributed by atoms with van der Waals surface area (Å²) in [6, 6.07) is 0. The molecule has 1 saturated heterocycles. The van der Waals surface area contributed by atoms with Crippen LogP contribution < -0.4 is 0 Å². The third-order valence-electron chi connectivity index (χ3n) is 2.77. The summed E-state index contributed by atoms with van der Waals surface area (Å²) in [5, 5.41) is 0. The molecule has 90 valence electrons. The van der Waals surface area contributed by atoms with Crippen LogP contribution in [-0.4, -0.2) is 38.9 Å². The molecule has 0 amide bonds. The maximum atomic E-state index is 5.96. The quantitative estimate of drug-likeness (QED) is 0.400. The summed E-state index contributed by atoms with van der Waals surface area (Å²) in [7, 11) is -1.51. The highest BCUT2D eigenvalue weighted by atomic mass is 28.3. The maximum absolute atomic E-state index is 5.96. The molecule has 0 aromatic heterocycles. The average Bonchev–Trinajstić information content (AvgIpc) is 2.79. The fourth-order valence-electron chi connectivity index (χ4n) is 1.29. The summed E-state index contributed by atoms with van der Waals surface area (Å²) in [5.41, 5.74) is -0.410. The van der Waals surface area contributed by atoms with Gasteiger partial charge in [-0.05, 0) is 20.8 Å². The van der Waals surface area contributed by atoms with Crippen LogP contribution in [0.5, 0.6) is 0 Å². The topological polar surface area (TPSA) is 31.0 Å². The van der Waals surface area contributed by atoms with Gasteiger partial charge in [-0.15, -0.1) is 0 Å². The Hall–Kier alpha value is 0.0969. The molecule has 4 heteroatoms. The van der Waals surface area contributed by atoms with E-state index in [1.54, 1.807) is 0 Å². The number of rotatable bonds is 6. The van der Waals surface area contributed by atoms with E-state index in [9.17, 15) is 0 Å². The van der Waals surface area contributed by atoms with Crippen LogP contribution in [0.3, 0.4) is 0 Å². The van der Waals surface area contributed by atoms with Crippen molar-refractivity contribution in [2.24, 2.45) is 0 Å². The molecule has 1 aliphatic rings. The van der Waals surface area contributed by atoms with Gasteiger partial charge in [0, 0.05) is 0 Å². The first-order valence-corrected chi connectivity index (χ1v) is 9.18. The van der Waals surface area contributed by atoms with Gasteiger partial charge in [0.1, 0.15) is 19.6 Å². The summed E-state index contributed by atoms with van der Waals surface area (Å²) >= 11 is 0. The smallest absolute Gasteiger partial charge is 0.148 e. The molecule has 0 radical (unpaired) electrons. The molecule has 2 unspecified atom stereocenters. The molecule has 0 saturated carbocycles. The van der Waals surface area contributed by atoms with Crippen LogP contribution in [-0.2, 0) is 14.2 Å². The molecule has 1 aliphatic heterocycles. The normalized spacial score (nSPS) is 25.4. The summed E-state index contributed by atoms with van der Waals surface area (Å²) in [6.45, 7) is 14.5. The predicted octanol–water partition coefficient (Wildman–Crippen LogP) is 2.42. The van der Waals surface area contributed by atoms with E-state index >= 15 is 0 Å². The Bertz CT molecular complexity index is 208. The Morgan fingerprint density at radius 2 is 1.93 bits per heavy atom. The first kappa shape index (κ1) is 13.2. The van der Waals surface area contributed by atoms with E-state index in [0.717, 1.165) is 6.61 Å². The molecule has 1 heterocycles. The maximum Gasteiger partial charge on any atom is 0.148 e. The Kier molecular flexibility index (Phi) is 3.98. The van der Waals surface area contributed by atoms with Gasteiger partial charge in [-0.25, -0.2) is 0 Å². The van der Waals surface area contributed by atoms with Gasteiger partial charge >= 0.3 is 0 Å². The summed E-state index contributed by atoms with van der Waals surface area (Å²) < 4.78 is 17.1. The van der Waals surface area contributed by atoms with Crippen molar-refractivity contribution in [2.45, 2.75) is 58.0 Å². The number of hydrogen-bond acceptors (Lipinski definition) is 3. The van der Waals surface area contributed by atoms with Crippen molar-refractivity contribution >= 4 is 8.07 Å². The fourth-order valence-corrected chi connectivity index (χ4v) is 2.40. The molecule has 1 rings (SSSR count). The van der Waals surface area contributed by atoms with Crippen LogP contribution in [0.1, 0.15) is 20.8 Å². The van der Waals surface area contributed by atoms with Crippen LogP contribution in [0.15, 0.2) is 0 Å². The van der Waals surface area contributed by atoms with Gasteiger partial charge in [-0.1, -0.05) is 19.6 Å². The second kappa shape index (κ2) is 4.53. The minimum absolute atomic E-state index is 0.196. The minimum atomic E-state index is -1.51. The molecule has 15 heavy (non-hydrogen) atoms. The monoisotopic (exact) mass is 232 g/mol. The lowest BCUT2D eigenvalue weighted by molar-refractivity contribution is -0.195.